The van der Waals surface area contributed by atoms with Crippen LogP contribution < -0.4 is 11.1 Å². The summed E-state index contributed by atoms with van der Waals surface area (Å²) in [5, 5.41) is 2.59. The highest BCUT2D eigenvalue weighted by Crippen LogP contribution is 2.17. The Kier molecular flexibility index (Phi) is 4.48. The molecule has 0 atom stereocenters. The van der Waals surface area contributed by atoms with Crippen LogP contribution in [-0.2, 0) is 6.42 Å². The average Bonchev–Trinajstić information content (AvgIpc) is 2.43. The molecule has 0 fully saturated rings. The van der Waals surface area contributed by atoms with Crippen LogP contribution in [0.25, 0.3) is 0 Å². The van der Waals surface area contributed by atoms with E-state index in [4.69, 9.17) is 5.73 Å². The van der Waals surface area contributed by atoms with Crippen LogP contribution in [0.2, 0.25) is 0 Å². The Morgan fingerprint density at radius 2 is 2.05 bits per heavy atom. The van der Waals surface area contributed by atoms with Gasteiger partial charge in [-0.1, -0.05) is 18.2 Å². The smallest absolute Gasteiger partial charge is 0.255 e. The fourth-order valence-corrected chi connectivity index (χ4v) is 1.96. The number of nitrogens with two attached hydrogens (primary N) is 1. The number of halogens is 1. The summed E-state index contributed by atoms with van der Waals surface area (Å²) in [6.07, 6.45) is 0.708. The summed E-state index contributed by atoms with van der Waals surface area (Å²) >= 11 is 0. The van der Waals surface area contributed by atoms with Crippen molar-refractivity contribution in [3.05, 3.63) is 65.0 Å². The number of rotatable bonds is 4. The molecule has 0 spiro atoms. The predicted octanol–water partition coefficient (Wildman–Crippen LogP) is 2.89. The number of hydrogen-bond acceptors (Lipinski definition) is 2. The van der Waals surface area contributed by atoms with Crippen molar-refractivity contribution in [2.24, 2.45) is 5.73 Å². The fraction of sp³-hybridized carbons (Fsp3) is 0.188. The molecular formula is C16H17FN2O. The molecule has 0 aliphatic carbocycles. The standard InChI is InChI=1S/C16H17FN2O/c1-11-5-6-14(17)15(9-11)19-16(20)13-4-2-3-12(10-13)7-8-18/h2-6,9-10H,7-8,18H2,1H3,(H,19,20). The third-order valence-electron chi connectivity index (χ3n) is 2.99. The second-order valence-electron chi connectivity index (χ2n) is 4.68. The van der Waals surface area contributed by atoms with Gasteiger partial charge < -0.3 is 11.1 Å². The first-order valence-corrected chi connectivity index (χ1v) is 6.46. The fourth-order valence-electron chi connectivity index (χ4n) is 1.96. The number of carbonyl (C=O) groups excluding carboxylic acids is 1. The van der Waals surface area contributed by atoms with Gasteiger partial charge in [0.1, 0.15) is 5.82 Å². The molecule has 104 valence electrons. The maximum Gasteiger partial charge on any atom is 0.255 e. The molecule has 0 unspecified atom stereocenters. The van der Waals surface area contributed by atoms with Crippen LogP contribution in [0.5, 0.6) is 0 Å². The molecule has 2 aromatic carbocycles. The van der Waals surface area contributed by atoms with Gasteiger partial charge >= 0.3 is 0 Å². The largest absolute Gasteiger partial charge is 0.330 e. The van der Waals surface area contributed by atoms with Crippen molar-refractivity contribution in [2.45, 2.75) is 13.3 Å². The van der Waals surface area contributed by atoms with Gasteiger partial charge in [-0.05, 0) is 55.3 Å². The highest BCUT2D eigenvalue weighted by Gasteiger charge is 2.10. The number of nitrogens with one attached hydrogen (secondary N) is 1. The van der Waals surface area contributed by atoms with E-state index < -0.39 is 5.82 Å². The lowest BCUT2D eigenvalue weighted by molar-refractivity contribution is 0.102. The molecule has 0 aliphatic heterocycles. The van der Waals surface area contributed by atoms with Crippen molar-refractivity contribution in [3.8, 4) is 0 Å². The molecule has 2 rings (SSSR count). The topological polar surface area (TPSA) is 55.1 Å². The minimum absolute atomic E-state index is 0.194. The van der Waals surface area contributed by atoms with E-state index in [1.807, 2.05) is 13.0 Å². The van der Waals surface area contributed by atoms with Crippen molar-refractivity contribution in [1.82, 2.24) is 0 Å². The van der Waals surface area contributed by atoms with Gasteiger partial charge in [-0.15, -0.1) is 0 Å². The quantitative estimate of drug-likeness (QED) is 0.899. The Balaban J connectivity index is 2.19. The molecule has 0 heterocycles. The van der Waals surface area contributed by atoms with Crippen molar-refractivity contribution in [3.63, 3.8) is 0 Å². The van der Waals surface area contributed by atoms with Crippen LogP contribution in [0, 0.1) is 12.7 Å². The van der Waals surface area contributed by atoms with Gasteiger partial charge in [-0.25, -0.2) is 4.39 Å². The monoisotopic (exact) mass is 272 g/mol. The number of aryl methyl sites for hydroxylation is 1. The summed E-state index contributed by atoms with van der Waals surface area (Å²) < 4.78 is 13.6. The zero-order valence-electron chi connectivity index (χ0n) is 11.3. The van der Waals surface area contributed by atoms with Gasteiger partial charge in [-0.3, -0.25) is 4.79 Å². The number of benzene rings is 2. The lowest BCUT2D eigenvalue weighted by Gasteiger charge is -2.08. The third kappa shape index (κ3) is 3.42. The molecule has 0 radical (unpaired) electrons. The first-order chi connectivity index (χ1) is 9.60. The minimum atomic E-state index is -0.443. The Morgan fingerprint density at radius 3 is 2.80 bits per heavy atom. The highest BCUT2D eigenvalue weighted by molar-refractivity contribution is 6.04. The van der Waals surface area contributed by atoms with Crippen LogP contribution >= 0.6 is 0 Å². The van der Waals surface area contributed by atoms with Crippen molar-refractivity contribution >= 4 is 11.6 Å². The van der Waals surface area contributed by atoms with E-state index in [1.165, 1.54) is 6.07 Å². The van der Waals surface area contributed by atoms with Gasteiger partial charge in [0.15, 0.2) is 0 Å². The maximum absolute atomic E-state index is 13.6. The van der Waals surface area contributed by atoms with Crippen LogP contribution in [0.15, 0.2) is 42.5 Å². The molecule has 0 saturated heterocycles. The highest BCUT2D eigenvalue weighted by atomic mass is 19.1. The predicted molar refractivity (Wildman–Crippen MR) is 78.3 cm³/mol. The Morgan fingerprint density at radius 1 is 1.25 bits per heavy atom. The Labute approximate surface area is 117 Å². The molecule has 3 nitrogen and oxygen atoms in total. The lowest BCUT2D eigenvalue weighted by atomic mass is 10.1. The second kappa shape index (κ2) is 6.30. The van der Waals surface area contributed by atoms with E-state index in [0.717, 1.165) is 11.1 Å². The minimum Gasteiger partial charge on any atom is -0.330 e. The molecule has 0 saturated carbocycles. The molecule has 3 N–H and O–H groups in total. The molecule has 20 heavy (non-hydrogen) atoms. The Hall–Kier alpha value is -2.20. The van der Waals surface area contributed by atoms with Gasteiger partial charge in [-0.2, -0.15) is 0 Å². The van der Waals surface area contributed by atoms with Crippen LogP contribution in [0.3, 0.4) is 0 Å². The molecule has 0 bridgehead atoms. The summed E-state index contributed by atoms with van der Waals surface area (Å²) in [4.78, 5) is 12.1. The summed E-state index contributed by atoms with van der Waals surface area (Å²) in [7, 11) is 0. The first-order valence-electron chi connectivity index (χ1n) is 6.46. The van der Waals surface area contributed by atoms with E-state index in [2.05, 4.69) is 5.32 Å². The van der Waals surface area contributed by atoms with Gasteiger partial charge in [0.05, 0.1) is 5.69 Å². The van der Waals surface area contributed by atoms with Gasteiger partial charge in [0.25, 0.3) is 5.91 Å². The number of carbonyl (C=O) groups is 1. The van der Waals surface area contributed by atoms with E-state index in [0.29, 0.717) is 18.5 Å². The molecule has 2 aromatic rings. The normalized spacial score (nSPS) is 10.3. The number of amides is 1. The van der Waals surface area contributed by atoms with E-state index >= 15 is 0 Å². The maximum atomic E-state index is 13.6. The summed E-state index contributed by atoms with van der Waals surface area (Å²) in [5.74, 6) is -0.768. The second-order valence-corrected chi connectivity index (χ2v) is 4.68. The first kappa shape index (κ1) is 14.2. The van der Waals surface area contributed by atoms with E-state index in [-0.39, 0.29) is 11.6 Å². The van der Waals surface area contributed by atoms with E-state index in [9.17, 15) is 9.18 Å². The van der Waals surface area contributed by atoms with Crippen LogP contribution in [0.4, 0.5) is 10.1 Å². The van der Waals surface area contributed by atoms with Gasteiger partial charge in [0.2, 0.25) is 0 Å². The number of anilines is 1. The lowest BCUT2D eigenvalue weighted by Crippen LogP contribution is -2.13. The Bertz CT molecular complexity index is 626. The van der Waals surface area contributed by atoms with Crippen molar-refractivity contribution in [2.75, 3.05) is 11.9 Å². The third-order valence-corrected chi connectivity index (χ3v) is 2.99. The summed E-state index contributed by atoms with van der Waals surface area (Å²) in [5.41, 5.74) is 8.07. The average molecular weight is 272 g/mol. The number of hydrogen-bond donors (Lipinski definition) is 2. The van der Waals surface area contributed by atoms with E-state index in [1.54, 1.807) is 30.3 Å². The summed E-state index contributed by atoms with van der Waals surface area (Å²) in [6, 6.07) is 11.8. The molecule has 1 amide bonds. The van der Waals surface area contributed by atoms with Crippen LogP contribution in [0.1, 0.15) is 21.5 Å². The zero-order chi connectivity index (χ0) is 14.5. The van der Waals surface area contributed by atoms with Crippen molar-refractivity contribution < 1.29 is 9.18 Å². The zero-order valence-corrected chi connectivity index (χ0v) is 11.3. The van der Waals surface area contributed by atoms with Crippen LogP contribution in [-0.4, -0.2) is 12.5 Å². The SMILES string of the molecule is Cc1ccc(F)c(NC(=O)c2cccc(CCN)c2)c1. The molecule has 0 aromatic heterocycles. The van der Waals surface area contributed by atoms with Gasteiger partial charge in [0, 0.05) is 5.56 Å². The molecular weight excluding hydrogens is 255 g/mol. The van der Waals surface area contributed by atoms with Crippen molar-refractivity contribution in [1.29, 1.82) is 0 Å². The molecule has 0 aliphatic rings. The molecule has 4 heteroatoms. The summed E-state index contributed by atoms with van der Waals surface area (Å²) in [6.45, 7) is 2.37.